The molecule has 0 aliphatic rings. The smallest absolute Gasteiger partial charge is 0.200 e. The van der Waals surface area contributed by atoms with Crippen molar-refractivity contribution in [3.63, 3.8) is 0 Å². The number of hydrogen-bond donors (Lipinski definition) is 1. The minimum absolute atomic E-state index is 0.0835. The van der Waals surface area contributed by atoms with Crippen LogP contribution in [-0.4, -0.2) is 30.2 Å². The summed E-state index contributed by atoms with van der Waals surface area (Å²) in [5.41, 5.74) is 1.65. The van der Waals surface area contributed by atoms with Gasteiger partial charge in [-0.2, -0.15) is 0 Å². The molecule has 0 aromatic carbocycles. The summed E-state index contributed by atoms with van der Waals surface area (Å²) in [6.07, 6.45) is 0. The van der Waals surface area contributed by atoms with Crippen molar-refractivity contribution in [2.24, 2.45) is 0 Å². The van der Waals surface area contributed by atoms with E-state index in [0.29, 0.717) is 11.6 Å². The lowest BCUT2D eigenvalue weighted by atomic mass is 10.2. The first-order valence-electron chi connectivity index (χ1n) is 6.41. The molecule has 1 atom stereocenters. The van der Waals surface area contributed by atoms with Crippen LogP contribution >= 0.6 is 11.3 Å². The molecule has 3 aromatic heterocycles. The summed E-state index contributed by atoms with van der Waals surface area (Å²) in [6.45, 7) is 6.35. The van der Waals surface area contributed by atoms with Gasteiger partial charge in [-0.05, 0) is 29.5 Å². The third-order valence-electron chi connectivity index (χ3n) is 2.91. The van der Waals surface area contributed by atoms with Gasteiger partial charge in [0.15, 0.2) is 5.65 Å². The molecule has 0 saturated heterocycles. The van der Waals surface area contributed by atoms with Crippen molar-refractivity contribution in [2.75, 3.05) is 5.32 Å². The lowest BCUT2D eigenvalue weighted by molar-refractivity contribution is 0.725. The minimum atomic E-state index is 0.0835. The normalized spacial score (nSPS) is 13.0. The van der Waals surface area contributed by atoms with Crippen molar-refractivity contribution in [2.45, 2.75) is 32.7 Å². The maximum absolute atomic E-state index is 4.64. The van der Waals surface area contributed by atoms with E-state index in [1.54, 1.807) is 11.3 Å². The van der Waals surface area contributed by atoms with Crippen molar-refractivity contribution in [1.29, 1.82) is 0 Å². The predicted molar refractivity (Wildman–Crippen MR) is 76.8 cm³/mol. The van der Waals surface area contributed by atoms with Crippen molar-refractivity contribution >= 4 is 22.8 Å². The highest BCUT2D eigenvalue weighted by Crippen LogP contribution is 2.24. The number of thiazole rings is 1. The molecule has 1 unspecified atom stereocenters. The molecule has 3 heterocycles. The third-order valence-corrected chi connectivity index (χ3v) is 4.07. The molecule has 8 heteroatoms. The summed E-state index contributed by atoms with van der Waals surface area (Å²) in [4.78, 5) is 4.64. The summed E-state index contributed by atoms with van der Waals surface area (Å²) in [5, 5.41) is 22.0. The Hall–Kier alpha value is -2.09. The molecular weight excluding hydrogens is 274 g/mol. The first-order valence-corrected chi connectivity index (χ1v) is 7.28. The molecule has 0 radical (unpaired) electrons. The SMILES string of the molecule is CC(C)c1nc(C(C)Nc2ccc3nnnn3n2)cs1. The highest BCUT2D eigenvalue weighted by Gasteiger charge is 2.12. The Kier molecular flexibility index (Phi) is 3.31. The fourth-order valence-electron chi connectivity index (χ4n) is 1.79. The van der Waals surface area contributed by atoms with Crippen molar-refractivity contribution in [1.82, 2.24) is 30.2 Å². The first kappa shape index (κ1) is 12.9. The van der Waals surface area contributed by atoms with Gasteiger partial charge in [0.1, 0.15) is 5.82 Å². The van der Waals surface area contributed by atoms with Crippen LogP contribution in [0, 0.1) is 0 Å². The Bertz CT molecular complexity index is 717. The van der Waals surface area contributed by atoms with E-state index in [2.05, 4.69) is 57.1 Å². The molecule has 20 heavy (non-hydrogen) atoms. The molecule has 3 aromatic rings. The second-order valence-corrected chi connectivity index (χ2v) is 5.77. The zero-order valence-corrected chi connectivity index (χ0v) is 12.3. The van der Waals surface area contributed by atoms with Gasteiger partial charge in [0.2, 0.25) is 0 Å². The summed E-state index contributed by atoms with van der Waals surface area (Å²) in [5.74, 6) is 1.17. The van der Waals surface area contributed by atoms with Crippen molar-refractivity contribution in [3.8, 4) is 0 Å². The zero-order chi connectivity index (χ0) is 14.1. The maximum Gasteiger partial charge on any atom is 0.200 e. The number of rotatable bonds is 4. The topological polar surface area (TPSA) is 80.9 Å². The standard InChI is InChI=1S/C12H15N7S/c1-7(2)12-14-9(6-20-12)8(3)13-10-4-5-11-15-17-18-19(11)16-10/h4-8H,1-3H3,(H,13,16). The van der Waals surface area contributed by atoms with Gasteiger partial charge in [0.25, 0.3) is 0 Å². The molecule has 0 aliphatic carbocycles. The monoisotopic (exact) mass is 289 g/mol. The Morgan fingerprint density at radius 2 is 2.10 bits per heavy atom. The highest BCUT2D eigenvalue weighted by atomic mass is 32.1. The van der Waals surface area contributed by atoms with Crippen LogP contribution in [0.5, 0.6) is 0 Å². The highest BCUT2D eigenvalue weighted by molar-refractivity contribution is 7.09. The van der Waals surface area contributed by atoms with Crippen LogP contribution < -0.4 is 5.32 Å². The summed E-state index contributed by atoms with van der Waals surface area (Å²) in [6, 6.07) is 3.76. The van der Waals surface area contributed by atoms with Gasteiger partial charge in [-0.25, -0.2) is 4.98 Å². The summed E-state index contributed by atoms with van der Waals surface area (Å²) >= 11 is 1.69. The van der Waals surface area contributed by atoms with Gasteiger partial charge in [-0.3, -0.25) is 0 Å². The Morgan fingerprint density at radius 3 is 2.85 bits per heavy atom. The Morgan fingerprint density at radius 1 is 1.25 bits per heavy atom. The molecule has 3 rings (SSSR count). The van der Waals surface area contributed by atoms with Crippen LogP contribution in [0.25, 0.3) is 5.65 Å². The van der Waals surface area contributed by atoms with E-state index in [9.17, 15) is 0 Å². The van der Waals surface area contributed by atoms with Crippen molar-refractivity contribution in [3.05, 3.63) is 28.2 Å². The number of nitrogens with zero attached hydrogens (tertiary/aromatic N) is 6. The van der Waals surface area contributed by atoms with Crippen molar-refractivity contribution < 1.29 is 0 Å². The van der Waals surface area contributed by atoms with Gasteiger partial charge in [0.05, 0.1) is 16.7 Å². The fourth-order valence-corrected chi connectivity index (χ4v) is 2.72. The average molecular weight is 289 g/mol. The number of anilines is 1. The summed E-state index contributed by atoms with van der Waals surface area (Å²) < 4.78 is 1.40. The molecule has 0 bridgehead atoms. The molecule has 0 saturated carbocycles. The number of aromatic nitrogens is 6. The Balaban J connectivity index is 1.78. The molecule has 1 N–H and O–H groups in total. The second-order valence-electron chi connectivity index (χ2n) is 4.88. The maximum atomic E-state index is 4.64. The first-order chi connectivity index (χ1) is 9.63. The van der Waals surface area contributed by atoms with Crippen LogP contribution in [0.3, 0.4) is 0 Å². The lowest BCUT2D eigenvalue weighted by Gasteiger charge is -2.11. The molecular formula is C12H15N7S. The fraction of sp³-hybridized carbons (Fsp3) is 0.417. The van der Waals surface area contributed by atoms with E-state index in [0.717, 1.165) is 16.5 Å². The van der Waals surface area contributed by atoms with Gasteiger partial charge >= 0.3 is 0 Å². The number of fused-ring (bicyclic) bond motifs is 1. The molecule has 0 aliphatic heterocycles. The zero-order valence-electron chi connectivity index (χ0n) is 11.5. The van der Waals surface area contributed by atoms with E-state index in [1.807, 2.05) is 12.1 Å². The van der Waals surface area contributed by atoms with Gasteiger partial charge < -0.3 is 5.32 Å². The average Bonchev–Trinajstić information content (AvgIpc) is 3.07. The Labute approximate surface area is 120 Å². The van der Waals surface area contributed by atoms with Crippen LogP contribution in [0.15, 0.2) is 17.5 Å². The summed E-state index contributed by atoms with van der Waals surface area (Å²) in [7, 11) is 0. The molecule has 0 amide bonds. The number of nitrogens with one attached hydrogen (secondary N) is 1. The van der Waals surface area contributed by atoms with Crippen LogP contribution in [-0.2, 0) is 0 Å². The van der Waals surface area contributed by atoms with E-state index in [4.69, 9.17) is 0 Å². The van der Waals surface area contributed by atoms with E-state index < -0.39 is 0 Å². The second kappa shape index (κ2) is 5.12. The van der Waals surface area contributed by atoms with E-state index in [-0.39, 0.29) is 6.04 Å². The predicted octanol–water partition coefficient (Wildman–Crippen LogP) is 2.27. The molecule has 104 valence electrons. The molecule has 0 spiro atoms. The van der Waals surface area contributed by atoms with Crippen LogP contribution in [0.4, 0.5) is 5.82 Å². The largest absolute Gasteiger partial charge is 0.360 e. The van der Waals surface area contributed by atoms with Gasteiger partial charge in [-0.1, -0.05) is 13.8 Å². The van der Waals surface area contributed by atoms with Crippen LogP contribution in [0.2, 0.25) is 0 Å². The van der Waals surface area contributed by atoms with E-state index >= 15 is 0 Å². The quantitative estimate of drug-likeness (QED) is 0.793. The lowest BCUT2D eigenvalue weighted by Crippen LogP contribution is -2.10. The molecule has 7 nitrogen and oxygen atoms in total. The number of tetrazole rings is 1. The van der Waals surface area contributed by atoms with Crippen LogP contribution in [0.1, 0.15) is 43.4 Å². The van der Waals surface area contributed by atoms with E-state index in [1.165, 1.54) is 4.63 Å². The van der Waals surface area contributed by atoms with Gasteiger partial charge in [0, 0.05) is 11.3 Å². The van der Waals surface area contributed by atoms with Gasteiger partial charge in [-0.15, -0.1) is 26.2 Å². The minimum Gasteiger partial charge on any atom is -0.360 e. The molecule has 0 fully saturated rings. The number of hydrogen-bond acceptors (Lipinski definition) is 7. The third kappa shape index (κ3) is 2.46.